The van der Waals surface area contributed by atoms with Crippen LogP contribution >= 0.6 is 0 Å². The highest BCUT2D eigenvalue weighted by atomic mass is 16.2. The smallest absolute Gasteiger partial charge is 0.251 e. The van der Waals surface area contributed by atoms with E-state index in [1.807, 2.05) is 32.0 Å². The van der Waals surface area contributed by atoms with E-state index in [0.717, 1.165) is 22.4 Å². The van der Waals surface area contributed by atoms with Gasteiger partial charge in [-0.25, -0.2) is 0 Å². The Morgan fingerprint density at radius 2 is 1.61 bits per heavy atom. The molecule has 2 aromatic carbocycles. The van der Waals surface area contributed by atoms with Gasteiger partial charge in [0.05, 0.1) is 6.54 Å². The van der Waals surface area contributed by atoms with Gasteiger partial charge in [-0.05, 0) is 48.7 Å². The Kier molecular flexibility index (Phi) is 7.09. The fourth-order valence-corrected chi connectivity index (χ4v) is 2.67. The first kappa shape index (κ1) is 20.9. The summed E-state index contributed by atoms with van der Waals surface area (Å²) in [4.78, 5) is 37.4. The topological polar surface area (TPSA) is 78.5 Å². The molecule has 146 valence electrons. The van der Waals surface area contributed by atoms with E-state index in [0.29, 0.717) is 5.56 Å². The van der Waals surface area contributed by atoms with Gasteiger partial charge >= 0.3 is 0 Å². The lowest BCUT2D eigenvalue weighted by atomic mass is 10.1. The summed E-state index contributed by atoms with van der Waals surface area (Å²) in [5, 5.41) is 5.42. The average Bonchev–Trinajstić information content (AvgIpc) is 2.68. The molecule has 0 atom stereocenters. The van der Waals surface area contributed by atoms with Crippen LogP contribution in [0.15, 0.2) is 48.5 Å². The fourth-order valence-electron chi connectivity index (χ4n) is 2.67. The number of nitrogens with zero attached hydrogens (tertiary/aromatic N) is 1. The molecule has 0 spiro atoms. The average molecular weight is 379 g/mol. The van der Waals surface area contributed by atoms with Gasteiger partial charge in [-0.3, -0.25) is 14.4 Å². The number of hydrogen-bond donors (Lipinski definition) is 2. The van der Waals surface area contributed by atoms with E-state index in [4.69, 9.17) is 0 Å². The molecule has 0 fully saturated rings. The third-order valence-corrected chi connectivity index (χ3v) is 4.32. The number of nitrogens with one attached hydrogen (secondary N) is 2. The van der Waals surface area contributed by atoms with Crippen LogP contribution in [0.1, 0.15) is 27.0 Å². The van der Waals surface area contributed by atoms with Crippen molar-refractivity contribution >= 4 is 29.5 Å². The van der Waals surface area contributed by atoms with Crippen molar-refractivity contribution in [1.82, 2.24) is 10.2 Å². The minimum absolute atomic E-state index is 0.0491. The second-order valence-corrected chi connectivity index (χ2v) is 6.54. The summed E-state index contributed by atoms with van der Waals surface area (Å²) in [7, 11) is 3.15. The molecule has 0 aliphatic heterocycles. The molecule has 0 aromatic heterocycles. The summed E-state index contributed by atoms with van der Waals surface area (Å²) in [6.07, 6.45) is 3.05. The third-order valence-electron chi connectivity index (χ3n) is 4.32. The van der Waals surface area contributed by atoms with E-state index in [1.165, 1.54) is 11.0 Å². The number of para-hydroxylation sites is 1. The zero-order valence-corrected chi connectivity index (χ0v) is 16.6. The molecule has 0 aliphatic rings. The number of rotatable bonds is 6. The quantitative estimate of drug-likeness (QED) is 0.758. The summed E-state index contributed by atoms with van der Waals surface area (Å²) < 4.78 is 0. The second kappa shape index (κ2) is 9.50. The minimum atomic E-state index is -0.285. The van der Waals surface area contributed by atoms with Crippen molar-refractivity contribution < 1.29 is 14.4 Å². The number of carbonyl (C=O) groups excluding carboxylic acids is 3. The summed E-state index contributed by atoms with van der Waals surface area (Å²) in [6.45, 7) is 3.80. The lowest BCUT2D eigenvalue weighted by Crippen LogP contribution is -2.34. The van der Waals surface area contributed by atoms with Gasteiger partial charge in [0.25, 0.3) is 5.91 Å². The molecule has 0 unspecified atom stereocenters. The van der Waals surface area contributed by atoms with Gasteiger partial charge < -0.3 is 15.5 Å². The van der Waals surface area contributed by atoms with Crippen molar-refractivity contribution in [2.75, 3.05) is 26.0 Å². The number of hydrogen-bond acceptors (Lipinski definition) is 3. The maximum absolute atomic E-state index is 12.3. The van der Waals surface area contributed by atoms with Crippen molar-refractivity contribution in [3.63, 3.8) is 0 Å². The van der Waals surface area contributed by atoms with E-state index in [2.05, 4.69) is 10.6 Å². The van der Waals surface area contributed by atoms with Gasteiger partial charge in [0.15, 0.2) is 0 Å². The maximum atomic E-state index is 12.3. The minimum Gasteiger partial charge on any atom is -0.355 e. The lowest BCUT2D eigenvalue weighted by Gasteiger charge is -2.16. The molecule has 0 heterocycles. The van der Waals surface area contributed by atoms with Gasteiger partial charge in [-0.15, -0.1) is 0 Å². The van der Waals surface area contributed by atoms with Crippen molar-refractivity contribution in [2.45, 2.75) is 13.8 Å². The first-order valence-corrected chi connectivity index (χ1v) is 8.93. The van der Waals surface area contributed by atoms with Gasteiger partial charge in [-0.2, -0.15) is 0 Å². The van der Waals surface area contributed by atoms with Crippen molar-refractivity contribution in [1.29, 1.82) is 0 Å². The fraction of sp³-hybridized carbons (Fsp3) is 0.227. The molecule has 0 aliphatic carbocycles. The van der Waals surface area contributed by atoms with E-state index in [1.54, 1.807) is 44.4 Å². The van der Waals surface area contributed by atoms with Crippen LogP contribution in [-0.2, 0) is 9.59 Å². The van der Waals surface area contributed by atoms with Gasteiger partial charge in [-0.1, -0.05) is 30.3 Å². The third kappa shape index (κ3) is 5.54. The number of carbonyl (C=O) groups is 3. The summed E-state index contributed by atoms with van der Waals surface area (Å²) in [5.41, 5.74) is 4.06. The van der Waals surface area contributed by atoms with Gasteiger partial charge in [0.1, 0.15) is 0 Å². The highest BCUT2D eigenvalue weighted by Gasteiger charge is 2.12. The highest BCUT2D eigenvalue weighted by Crippen LogP contribution is 2.19. The largest absolute Gasteiger partial charge is 0.355 e. The van der Waals surface area contributed by atoms with E-state index < -0.39 is 0 Å². The highest BCUT2D eigenvalue weighted by molar-refractivity contribution is 5.98. The van der Waals surface area contributed by atoms with Crippen LogP contribution < -0.4 is 10.6 Å². The number of aryl methyl sites for hydroxylation is 2. The Labute approximate surface area is 165 Å². The van der Waals surface area contributed by atoms with Crippen molar-refractivity contribution in [3.05, 3.63) is 70.8 Å². The Morgan fingerprint density at radius 3 is 2.18 bits per heavy atom. The zero-order chi connectivity index (χ0) is 20.7. The number of benzene rings is 2. The van der Waals surface area contributed by atoms with Crippen LogP contribution in [0.3, 0.4) is 0 Å². The Morgan fingerprint density at radius 1 is 1.00 bits per heavy atom. The second-order valence-electron chi connectivity index (χ2n) is 6.54. The molecule has 6 nitrogen and oxygen atoms in total. The van der Waals surface area contributed by atoms with Crippen LogP contribution in [0.4, 0.5) is 5.69 Å². The maximum Gasteiger partial charge on any atom is 0.251 e. The predicted octanol–water partition coefficient (Wildman–Crippen LogP) is 2.77. The van der Waals surface area contributed by atoms with Crippen LogP contribution in [0.25, 0.3) is 6.08 Å². The van der Waals surface area contributed by atoms with Crippen LogP contribution in [0.5, 0.6) is 0 Å². The molecule has 0 radical (unpaired) electrons. The van der Waals surface area contributed by atoms with E-state index in [-0.39, 0.29) is 24.3 Å². The van der Waals surface area contributed by atoms with E-state index in [9.17, 15) is 14.4 Å². The molecule has 2 rings (SSSR count). The first-order chi connectivity index (χ1) is 13.3. The van der Waals surface area contributed by atoms with Gasteiger partial charge in [0.2, 0.25) is 11.8 Å². The summed E-state index contributed by atoms with van der Waals surface area (Å²) in [5.74, 6) is -0.704. The van der Waals surface area contributed by atoms with Crippen molar-refractivity contribution in [2.24, 2.45) is 0 Å². The van der Waals surface area contributed by atoms with Crippen molar-refractivity contribution in [3.8, 4) is 0 Å². The number of amides is 3. The summed E-state index contributed by atoms with van der Waals surface area (Å²) in [6, 6.07) is 12.7. The normalized spacial score (nSPS) is 10.6. The van der Waals surface area contributed by atoms with E-state index >= 15 is 0 Å². The summed E-state index contributed by atoms with van der Waals surface area (Å²) >= 11 is 0. The van der Waals surface area contributed by atoms with Crippen LogP contribution in [-0.4, -0.2) is 43.3 Å². The molecular formula is C22H25N3O3. The first-order valence-electron chi connectivity index (χ1n) is 8.93. The number of anilines is 1. The molecule has 0 saturated heterocycles. The molecule has 2 aromatic rings. The van der Waals surface area contributed by atoms with Crippen LogP contribution in [0.2, 0.25) is 0 Å². The zero-order valence-electron chi connectivity index (χ0n) is 16.6. The van der Waals surface area contributed by atoms with Crippen LogP contribution in [0, 0.1) is 13.8 Å². The monoisotopic (exact) mass is 379 g/mol. The predicted molar refractivity (Wildman–Crippen MR) is 111 cm³/mol. The standard InChI is InChI=1S/C22H25N3O3/c1-15-6-5-7-16(2)21(15)24-19(26)14-25(4)20(27)13-10-17-8-11-18(12-9-17)22(28)23-3/h5-13H,14H2,1-4H3,(H,23,28)(H,24,26)/b13-10+. The lowest BCUT2D eigenvalue weighted by molar-refractivity contribution is -0.129. The van der Waals surface area contributed by atoms with Gasteiger partial charge in [0, 0.05) is 31.4 Å². The Hall–Kier alpha value is -3.41. The molecule has 28 heavy (non-hydrogen) atoms. The molecule has 0 bridgehead atoms. The SMILES string of the molecule is CNC(=O)c1ccc(/C=C/C(=O)N(C)CC(=O)Nc2c(C)cccc2C)cc1. The molecule has 2 N–H and O–H groups in total. The number of likely N-dealkylation sites (N-methyl/N-ethyl adjacent to an activating group) is 1. The molecule has 0 saturated carbocycles. The Balaban J connectivity index is 1.94. The Bertz CT molecular complexity index is 881. The molecule has 6 heteroatoms. The molecular weight excluding hydrogens is 354 g/mol. The molecule has 3 amide bonds.